The fraction of sp³-hybridized carbons (Fsp3) is 0.235. The largest absolute Gasteiger partial charge is 0.493 e. The first-order valence-corrected chi connectivity index (χ1v) is 7.87. The van der Waals surface area contributed by atoms with Crippen LogP contribution in [-0.2, 0) is 0 Å². The highest BCUT2D eigenvalue weighted by atomic mass is 35.5. The summed E-state index contributed by atoms with van der Waals surface area (Å²) in [6, 6.07) is 13.2. The van der Waals surface area contributed by atoms with Crippen molar-refractivity contribution >= 4 is 34.6 Å². The number of hydrogen-bond donors (Lipinski definition) is 2. The van der Waals surface area contributed by atoms with E-state index < -0.39 is 0 Å². The van der Waals surface area contributed by atoms with Gasteiger partial charge in [0.25, 0.3) is 0 Å². The van der Waals surface area contributed by atoms with E-state index in [4.69, 9.17) is 33.3 Å². The summed E-state index contributed by atoms with van der Waals surface area (Å²) < 4.78 is 10.6. The van der Waals surface area contributed by atoms with Gasteiger partial charge in [0.2, 0.25) is 0 Å². The number of anilines is 1. The molecule has 122 valence electrons. The minimum Gasteiger partial charge on any atom is -0.493 e. The molecule has 0 amide bonds. The first kappa shape index (κ1) is 17.4. The summed E-state index contributed by atoms with van der Waals surface area (Å²) in [5, 5.41) is 7.59. The molecule has 2 aromatic carbocycles. The van der Waals surface area contributed by atoms with E-state index >= 15 is 0 Å². The van der Waals surface area contributed by atoms with Crippen LogP contribution >= 0.6 is 23.8 Å². The average molecular weight is 351 g/mol. The van der Waals surface area contributed by atoms with Crippen LogP contribution in [0.5, 0.6) is 11.5 Å². The fourth-order valence-corrected chi connectivity index (χ4v) is 2.52. The SMILES string of the molecule is COc1ccc(C(C)NC(=S)Nc2ccc(Cl)cc2)cc1OC. The Kier molecular flexibility index (Phi) is 6.07. The van der Waals surface area contributed by atoms with Gasteiger partial charge >= 0.3 is 0 Å². The lowest BCUT2D eigenvalue weighted by Gasteiger charge is -2.19. The minimum atomic E-state index is 0.0158. The second-order valence-electron chi connectivity index (χ2n) is 4.94. The second kappa shape index (κ2) is 8.04. The Morgan fingerprint density at radius 1 is 1.04 bits per heavy atom. The highest BCUT2D eigenvalue weighted by Crippen LogP contribution is 2.29. The quantitative estimate of drug-likeness (QED) is 0.782. The van der Waals surface area contributed by atoms with E-state index in [0.717, 1.165) is 11.3 Å². The van der Waals surface area contributed by atoms with Crippen LogP contribution in [0.2, 0.25) is 5.02 Å². The molecule has 1 unspecified atom stereocenters. The van der Waals surface area contributed by atoms with Crippen LogP contribution in [-0.4, -0.2) is 19.3 Å². The van der Waals surface area contributed by atoms with Gasteiger partial charge in [-0.1, -0.05) is 17.7 Å². The molecule has 6 heteroatoms. The van der Waals surface area contributed by atoms with Gasteiger partial charge in [0.15, 0.2) is 16.6 Å². The molecule has 0 saturated carbocycles. The van der Waals surface area contributed by atoms with Gasteiger partial charge in [-0.15, -0.1) is 0 Å². The molecule has 0 bridgehead atoms. The average Bonchev–Trinajstić information content (AvgIpc) is 2.56. The summed E-state index contributed by atoms with van der Waals surface area (Å²) in [6.45, 7) is 2.02. The third kappa shape index (κ3) is 4.74. The summed E-state index contributed by atoms with van der Waals surface area (Å²) in [7, 11) is 3.23. The molecule has 0 heterocycles. The molecule has 0 aromatic heterocycles. The number of halogens is 1. The maximum absolute atomic E-state index is 5.87. The van der Waals surface area contributed by atoms with E-state index in [1.165, 1.54) is 0 Å². The van der Waals surface area contributed by atoms with Gasteiger partial charge in [0, 0.05) is 10.7 Å². The predicted octanol–water partition coefficient (Wildman–Crippen LogP) is 4.40. The van der Waals surface area contributed by atoms with E-state index in [-0.39, 0.29) is 6.04 Å². The van der Waals surface area contributed by atoms with Crippen molar-refractivity contribution in [1.29, 1.82) is 0 Å². The second-order valence-corrected chi connectivity index (χ2v) is 5.79. The van der Waals surface area contributed by atoms with Gasteiger partial charge in [-0.2, -0.15) is 0 Å². The first-order valence-electron chi connectivity index (χ1n) is 7.08. The summed E-state index contributed by atoms with van der Waals surface area (Å²) >= 11 is 11.2. The molecule has 0 aliphatic rings. The topological polar surface area (TPSA) is 42.5 Å². The van der Waals surface area contributed by atoms with Crippen LogP contribution in [0.15, 0.2) is 42.5 Å². The van der Waals surface area contributed by atoms with Crippen molar-refractivity contribution in [3.05, 3.63) is 53.1 Å². The molecule has 0 spiro atoms. The van der Waals surface area contributed by atoms with Crippen molar-refractivity contribution in [1.82, 2.24) is 5.32 Å². The van der Waals surface area contributed by atoms with Gasteiger partial charge < -0.3 is 20.1 Å². The van der Waals surface area contributed by atoms with Crippen LogP contribution in [0.25, 0.3) is 0 Å². The van der Waals surface area contributed by atoms with E-state index in [0.29, 0.717) is 21.6 Å². The van der Waals surface area contributed by atoms with Crippen LogP contribution < -0.4 is 20.1 Å². The van der Waals surface area contributed by atoms with E-state index in [2.05, 4.69) is 10.6 Å². The van der Waals surface area contributed by atoms with E-state index in [9.17, 15) is 0 Å². The molecule has 2 rings (SSSR count). The number of rotatable bonds is 5. The summed E-state index contributed by atoms with van der Waals surface area (Å²) in [5.74, 6) is 1.39. The lowest BCUT2D eigenvalue weighted by atomic mass is 10.1. The third-order valence-corrected chi connectivity index (χ3v) is 3.83. The van der Waals surface area contributed by atoms with Crippen LogP contribution in [0, 0.1) is 0 Å². The molecular formula is C17H19ClN2O2S. The third-order valence-electron chi connectivity index (χ3n) is 3.36. The molecule has 23 heavy (non-hydrogen) atoms. The van der Waals surface area contributed by atoms with E-state index in [1.54, 1.807) is 14.2 Å². The Labute approximate surface area is 146 Å². The summed E-state index contributed by atoms with van der Waals surface area (Å²) in [5.41, 5.74) is 1.93. The zero-order valence-electron chi connectivity index (χ0n) is 13.2. The lowest BCUT2D eigenvalue weighted by molar-refractivity contribution is 0.354. The Balaban J connectivity index is 2.01. The maximum Gasteiger partial charge on any atom is 0.171 e. The van der Waals surface area contributed by atoms with Crippen LogP contribution in [0.4, 0.5) is 5.69 Å². The molecule has 1 atom stereocenters. The van der Waals surface area contributed by atoms with Gasteiger partial charge in [-0.25, -0.2) is 0 Å². The highest BCUT2D eigenvalue weighted by Gasteiger charge is 2.11. The Hall–Kier alpha value is -1.98. The van der Waals surface area contributed by atoms with Crippen molar-refractivity contribution in [3.63, 3.8) is 0 Å². The van der Waals surface area contributed by atoms with Crippen molar-refractivity contribution in [2.45, 2.75) is 13.0 Å². The van der Waals surface area contributed by atoms with Crippen LogP contribution in [0.3, 0.4) is 0 Å². The van der Waals surface area contributed by atoms with E-state index in [1.807, 2.05) is 49.4 Å². The standard InChI is InChI=1S/C17H19ClN2O2S/c1-11(12-4-9-15(21-2)16(10-12)22-3)19-17(23)20-14-7-5-13(18)6-8-14/h4-11H,1-3H3,(H2,19,20,23). The number of hydrogen-bond acceptors (Lipinski definition) is 3. The molecule has 2 N–H and O–H groups in total. The molecular weight excluding hydrogens is 332 g/mol. The molecule has 0 fully saturated rings. The number of ether oxygens (including phenoxy) is 2. The maximum atomic E-state index is 5.87. The molecule has 0 saturated heterocycles. The monoisotopic (exact) mass is 350 g/mol. The summed E-state index contributed by atoms with van der Waals surface area (Å²) in [4.78, 5) is 0. The Morgan fingerprint density at radius 3 is 2.30 bits per heavy atom. The van der Waals surface area contributed by atoms with Gasteiger partial charge in [0.05, 0.1) is 20.3 Å². The molecule has 2 aromatic rings. The van der Waals surface area contributed by atoms with Crippen molar-refractivity contribution in [2.75, 3.05) is 19.5 Å². The smallest absolute Gasteiger partial charge is 0.171 e. The van der Waals surface area contributed by atoms with Gasteiger partial charge in [-0.05, 0) is 61.1 Å². The zero-order valence-corrected chi connectivity index (χ0v) is 14.8. The number of benzene rings is 2. The van der Waals surface area contributed by atoms with Crippen molar-refractivity contribution in [3.8, 4) is 11.5 Å². The van der Waals surface area contributed by atoms with Gasteiger partial charge in [-0.3, -0.25) is 0 Å². The van der Waals surface area contributed by atoms with Crippen LogP contribution in [0.1, 0.15) is 18.5 Å². The number of nitrogens with one attached hydrogen (secondary N) is 2. The normalized spacial score (nSPS) is 11.5. The number of thiocarbonyl (C=S) groups is 1. The van der Waals surface area contributed by atoms with Crippen molar-refractivity contribution < 1.29 is 9.47 Å². The molecule has 0 aliphatic carbocycles. The van der Waals surface area contributed by atoms with Crippen molar-refractivity contribution in [2.24, 2.45) is 0 Å². The Morgan fingerprint density at radius 2 is 1.70 bits per heavy atom. The zero-order chi connectivity index (χ0) is 16.8. The Bertz CT molecular complexity index is 677. The molecule has 4 nitrogen and oxygen atoms in total. The predicted molar refractivity (Wildman–Crippen MR) is 98.8 cm³/mol. The highest BCUT2D eigenvalue weighted by molar-refractivity contribution is 7.80. The molecule has 0 radical (unpaired) electrons. The first-order chi connectivity index (χ1) is 11.0. The minimum absolute atomic E-state index is 0.0158. The lowest BCUT2D eigenvalue weighted by Crippen LogP contribution is -2.30. The number of methoxy groups -OCH3 is 2. The fourth-order valence-electron chi connectivity index (χ4n) is 2.10. The summed E-state index contributed by atoms with van der Waals surface area (Å²) in [6.07, 6.45) is 0. The van der Waals surface area contributed by atoms with Gasteiger partial charge in [0.1, 0.15) is 0 Å². The molecule has 0 aliphatic heterocycles.